The molecule has 0 bridgehead atoms. The summed E-state index contributed by atoms with van der Waals surface area (Å²) in [4.78, 5) is 30.4. The molecule has 3 N–H and O–H groups in total. The number of H-pyrrole nitrogens is 1. The van der Waals surface area contributed by atoms with Crippen molar-refractivity contribution >= 4 is 16.8 Å². The minimum Gasteiger partial charge on any atom is -0.393 e. The van der Waals surface area contributed by atoms with Crippen LogP contribution < -0.4 is 10.9 Å². The fraction of sp³-hybridized carbons (Fsp3) is 0.318. The van der Waals surface area contributed by atoms with E-state index in [2.05, 4.69) is 15.3 Å². The molecule has 1 atom stereocenters. The number of hydrogen-bond acceptors (Lipinski definition) is 4. The van der Waals surface area contributed by atoms with Crippen molar-refractivity contribution in [1.82, 2.24) is 15.3 Å². The summed E-state index contributed by atoms with van der Waals surface area (Å²) in [5.74, 6) is -2.72. The van der Waals surface area contributed by atoms with Gasteiger partial charge in [0.25, 0.3) is 5.56 Å². The average molecular weight is 433 g/mol. The van der Waals surface area contributed by atoms with Crippen molar-refractivity contribution in [2.24, 2.45) is 0 Å². The molecule has 1 unspecified atom stereocenters. The molecule has 164 valence electrons. The van der Waals surface area contributed by atoms with Gasteiger partial charge < -0.3 is 15.4 Å². The molecule has 2 heterocycles. The summed E-state index contributed by atoms with van der Waals surface area (Å²) in [5, 5.41) is 11.4. The van der Waals surface area contributed by atoms with Crippen LogP contribution in [0.5, 0.6) is 0 Å². The number of hydrogen-bond donors (Lipinski definition) is 3. The lowest BCUT2D eigenvalue weighted by molar-refractivity contribution is -0.121. The van der Waals surface area contributed by atoms with Crippen molar-refractivity contribution in [2.45, 2.75) is 44.8 Å². The third-order valence-electron chi connectivity index (χ3n) is 4.93. The second-order valence-electron chi connectivity index (χ2n) is 7.43. The van der Waals surface area contributed by atoms with Gasteiger partial charge in [-0.05, 0) is 50.5 Å². The predicted octanol–water partition coefficient (Wildman–Crippen LogP) is 3.29. The summed E-state index contributed by atoms with van der Waals surface area (Å²) in [6, 6.07) is 5.18. The fourth-order valence-corrected chi connectivity index (χ4v) is 3.02. The number of aliphatic hydroxyl groups excluding tert-OH is 1. The summed E-state index contributed by atoms with van der Waals surface area (Å²) in [5.41, 5.74) is -0.000845. The van der Waals surface area contributed by atoms with Gasteiger partial charge in [-0.3, -0.25) is 14.6 Å². The number of pyridine rings is 2. The van der Waals surface area contributed by atoms with Gasteiger partial charge in [0.05, 0.1) is 30.5 Å². The maximum atomic E-state index is 13.7. The molecule has 1 aromatic carbocycles. The zero-order valence-corrected chi connectivity index (χ0v) is 16.8. The molecule has 1 aliphatic carbocycles. The zero-order valence-electron chi connectivity index (χ0n) is 16.8. The topological polar surface area (TPSA) is 95.1 Å². The van der Waals surface area contributed by atoms with Crippen LogP contribution in [0, 0.1) is 17.5 Å². The van der Waals surface area contributed by atoms with Gasteiger partial charge in [0.1, 0.15) is 17.5 Å². The molecule has 4 rings (SSSR count). The maximum absolute atomic E-state index is 13.7. The first kappa shape index (κ1) is 22.5. The van der Waals surface area contributed by atoms with Crippen LogP contribution in [0.15, 0.2) is 41.3 Å². The Bertz CT molecular complexity index is 1150. The van der Waals surface area contributed by atoms with E-state index < -0.39 is 35.0 Å². The van der Waals surface area contributed by atoms with Crippen molar-refractivity contribution in [2.75, 3.05) is 0 Å². The molecule has 1 fully saturated rings. The van der Waals surface area contributed by atoms with Crippen LogP contribution in [0.1, 0.15) is 43.5 Å². The molecule has 0 spiro atoms. The lowest BCUT2D eigenvalue weighted by atomic mass is 9.97. The normalized spacial score (nSPS) is 14.4. The monoisotopic (exact) mass is 433 g/mol. The van der Waals surface area contributed by atoms with Crippen LogP contribution in [0.25, 0.3) is 10.9 Å². The second kappa shape index (κ2) is 9.74. The minimum absolute atomic E-state index is 0.0648. The Labute approximate surface area is 176 Å². The quantitative estimate of drug-likeness (QED) is 0.589. The number of carbonyl (C=O) groups is 1. The van der Waals surface area contributed by atoms with Crippen LogP contribution in [-0.2, 0) is 11.2 Å². The molecule has 1 saturated carbocycles. The van der Waals surface area contributed by atoms with Gasteiger partial charge in [-0.15, -0.1) is 0 Å². The number of nitrogens with zero attached hydrogens (tertiary/aromatic N) is 1. The van der Waals surface area contributed by atoms with E-state index in [-0.39, 0.29) is 23.8 Å². The van der Waals surface area contributed by atoms with Crippen LogP contribution in [0.4, 0.5) is 13.2 Å². The minimum atomic E-state index is -0.878. The van der Waals surface area contributed by atoms with Crippen LogP contribution in [-0.4, -0.2) is 27.1 Å². The zero-order chi connectivity index (χ0) is 22.5. The Kier molecular flexibility index (Phi) is 7.06. The van der Waals surface area contributed by atoms with E-state index in [1.165, 1.54) is 37.6 Å². The summed E-state index contributed by atoms with van der Waals surface area (Å²) in [6.45, 7) is 1.49. The molecular formula is C22H22F3N3O3. The summed E-state index contributed by atoms with van der Waals surface area (Å²) in [6.07, 6.45) is 3.95. The van der Waals surface area contributed by atoms with E-state index in [1.807, 2.05) is 0 Å². The molecule has 6 nitrogen and oxygen atoms in total. The van der Waals surface area contributed by atoms with Crippen LogP contribution >= 0.6 is 0 Å². The number of halogens is 3. The highest BCUT2D eigenvalue weighted by atomic mass is 19.1. The molecule has 3 aromatic rings. The molecule has 0 aliphatic heterocycles. The highest BCUT2D eigenvalue weighted by Gasteiger charge is 2.17. The Morgan fingerprint density at radius 2 is 1.94 bits per heavy atom. The number of aromatic nitrogens is 2. The lowest BCUT2D eigenvalue weighted by Gasteiger charge is -2.17. The Hall–Kier alpha value is -3.20. The SMILES string of the molecule is CC(NC(=O)Cc1cc2cc(F)ccc2[nH]c1=O)c1ncc(F)cc1F.OC1CCC1. The number of amides is 1. The van der Waals surface area contributed by atoms with Crippen molar-refractivity contribution in [3.63, 3.8) is 0 Å². The molecule has 1 aliphatic rings. The van der Waals surface area contributed by atoms with Crippen molar-refractivity contribution in [3.8, 4) is 0 Å². The van der Waals surface area contributed by atoms with Gasteiger partial charge in [-0.25, -0.2) is 13.2 Å². The number of benzene rings is 1. The number of nitrogens with one attached hydrogen (secondary N) is 2. The number of aromatic amines is 1. The number of carbonyl (C=O) groups excluding carboxylic acids is 1. The Morgan fingerprint density at radius 3 is 2.55 bits per heavy atom. The van der Waals surface area contributed by atoms with E-state index in [1.54, 1.807) is 0 Å². The molecule has 0 radical (unpaired) electrons. The number of aliphatic hydroxyl groups is 1. The predicted molar refractivity (Wildman–Crippen MR) is 109 cm³/mol. The van der Waals surface area contributed by atoms with Crippen molar-refractivity contribution in [3.05, 3.63) is 75.6 Å². The maximum Gasteiger partial charge on any atom is 0.252 e. The van der Waals surface area contributed by atoms with E-state index in [4.69, 9.17) is 5.11 Å². The van der Waals surface area contributed by atoms with Gasteiger partial charge in [-0.1, -0.05) is 0 Å². The first-order chi connectivity index (χ1) is 14.7. The van der Waals surface area contributed by atoms with Crippen molar-refractivity contribution < 1.29 is 23.1 Å². The second-order valence-corrected chi connectivity index (χ2v) is 7.43. The molecule has 31 heavy (non-hydrogen) atoms. The van der Waals surface area contributed by atoms with Gasteiger partial charge in [-0.2, -0.15) is 0 Å². The lowest BCUT2D eigenvalue weighted by Crippen LogP contribution is -2.31. The standard InChI is InChI=1S/C18H14F3N3O2.C4H8O/c1-9(17-14(21)7-13(20)8-22-17)23-16(25)6-11-4-10-5-12(19)2-3-15(10)24-18(11)26;5-4-2-1-3-4/h2-5,7-9H,6H2,1H3,(H,23,25)(H,24,26);4-5H,1-3H2. The molecule has 9 heteroatoms. The molecule has 2 aromatic heterocycles. The first-order valence-corrected chi connectivity index (χ1v) is 9.82. The number of rotatable bonds is 4. The van der Waals surface area contributed by atoms with E-state index in [9.17, 15) is 22.8 Å². The average Bonchev–Trinajstić information content (AvgIpc) is 2.67. The van der Waals surface area contributed by atoms with Gasteiger partial charge in [0.2, 0.25) is 5.91 Å². The Morgan fingerprint density at radius 1 is 1.23 bits per heavy atom. The van der Waals surface area contributed by atoms with Crippen LogP contribution in [0.2, 0.25) is 0 Å². The van der Waals surface area contributed by atoms with E-state index in [0.717, 1.165) is 19.0 Å². The van der Waals surface area contributed by atoms with Gasteiger partial charge in [0.15, 0.2) is 0 Å². The van der Waals surface area contributed by atoms with E-state index >= 15 is 0 Å². The third-order valence-corrected chi connectivity index (χ3v) is 4.93. The van der Waals surface area contributed by atoms with E-state index in [0.29, 0.717) is 17.0 Å². The third kappa shape index (κ3) is 5.91. The smallest absolute Gasteiger partial charge is 0.252 e. The molecule has 0 saturated heterocycles. The number of fused-ring (bicyclic) bond motifs is 1. The Balaban J connectivity index is 0.000000478. The van der Waals surface area contributed by atoms with Crippen LogP contribution in [0.3, 0.4) is 0 Å². The van der Waals surface area contributed by atoms with Gasteiger partial charge >= 0.3 is 0 Å². The summed E-state index contributed by atoms with van der Waals surface area (Å²) >= 11 is 0. The highest BCUT2D eigenvalue weighted by molar-refractivity contribution is 5.82. The first-order valence-electron chi connectivity index (χ1n) is 9.82. The largest absolute Gasteiger partial charge is 0.393 e. The van der Waals surface area contributed by atoms with Gasteiger partial charge in [0, 0.05) is 22.5 Å². The molecule has 1 amide bonds. The highest BCUT2D eigenvalue weighted by Crippen LogP contribution is 2.17. The summed E-state index contributed by atoms with van der Waals surface area (Å²) in [7, 11) is 0. The summed E-state index contributed by atoms with van der Waals surface area (Å²) < 4.78 is 39.9. The fourth-order valence-electron chi connectivity index (χ4n) is 3.02. The van der Waals surface area contributed by atoms with Crippen molar-refractivity contribution in [1.29, 1.82) is 0 Å². The molecular weight excluding hydrogens is 411 g/mol.